The van der Waals surface area contributed by atoms with E-state index in [0.29, 0.717) is 18.4 Å². The van der Waals surface area contributed by atoms with Crippen LogP contribution >= 0.6 is 0 Å². The third kappa shape index (κ3) is 3.92. The highest BCUT2D eigenvalue weighted by molar-refractivity contribution is 5.77. The molecule has 1 unspecified atom stereocenters. The molecule has 2 aromatic rings. The van der Waals surface area contributed by atoms with Gasteiger partial charge < -0.3 is 9.88 Å². The number of carbonyl (C=O) groups excluding carboxylic acids is 1. The molecular formula is C21H24N4O2. The third-order valence-corrected chi connectivity index (χ3v) is 5.27. The lowest BCUT2D eigenvalue weighted by Gasteiger charge is -2.29. The second-order valence-electron chi connectivity index (χ2n) is 7.13. The largest absolute Gasteiger partial charge is 0.331 e. The zero-order valence-electron chi connectivity index (χ0n) is 16.0. The van der Waals surface area contributed by atoms with Crippen LogP contribution in [0.3, 0.4) is 0 Å². The molecule has 140 valence electrons. The van der Waals surface area contributed by atoms with Gasteiger partial charge in [-0.05, 0) is 63.3 Å². The number of amides is 1. The molecule has 0 aliphatic heterocycles. The van der Waals surface area contributed by atoms with Crippen LogP contribution in [0.25, 0.3) is 0 Å². The summed E-state index contributed by atoms with van der Waals surface area (Å²) in [6.07, 6.45) is 4.64. The second kappa shape index (κ2) is 7.75. The van der Waals surface area contributed by atoms with Crippen molar-refractivity contribution in [2.75, 3.05) is 0 Å². The van der Waals surface area contributed by atoms with E-state index in [1.807, 2.05) is 43.0 Å². The summed E-state index contributed by atoms with van der Waals surface area (Å²) in [7, 11) is 0. The van der Waals surface area contributed by atoms with Crippen molar-refractivity contribution in [1.29, 1.82) is 5.26 Å². The molecule has 27 heavy (non-hydrogen) atoms. The van der Waals surface area contributed by atoms with Crippen molar-refractivity contribution < 1.29 is 4.79 Å². The zero-order valence-corrected chi connectivity index (χ0v) is 16.0. The number of H-pyrrole nitrogens is 1. The van der Waals surface area contributed by atoms with Gasteiger partial charge in [0.05, 0.1) is 11.7 Å². The number of aromatic amines is 1. The van der Waals surface area contributed by atoms with Crippen molar-refractivity contribution >= 4 is 5.91 Å². The van der Waals surface area contributed by atoms with Gasteiger partial charge in [-0.2, -0.15) is 5.26 Å². The van der Waals surface area contributed by atoms with Crippen molar-refractivity contribution in [3.05, 3.63) is 62.8 Å². The van der Waals surface area contributed by atoms with Crippen LogP contribution < -0.4 is 5.56 Å². The van der Waals surface area contributed by atoms with Crippen molar-refractivity contribution in [3.63, 3.8) is 0 Å². The molecule has 0 bridgehead atoms. The Morgan fingerprint density at radius 2 is 2.15 bits per heavy atom. The first-order chi connectivity index (χ1) is 12.9. The van der Waals surface area contributed by atoms with E-state index in [4.69, 9.17) is 0 Å². The van der Waals surface area contributed by atoms with Crippen molar-refractivity contribution in [2.45, 2.75) is 58.5 Å². The second-order valence-corrected chi connectivity index (χ2v) is 7.13. The van der Waals surface area contributed by atoms with Crippen LogP contribution in [0, 0.1) is 25.2 Å². The fourth-order valence-electron chi connectivity index (χ4n) is 3.64. The van der Waals surface area contributed by atoms with E-state index < -0.39 is 0 Å². The lowest BCUT2D eigenvalue weighted by atomic mass is 9.98. The summed E-state index contributed by atoms with van der Waals surface area (Å²) in [4.78, 5) is 34.0. The number of pyridine rings is 2. The van der Waals surface area contributed by atoms with Gasteiger partial charge in [-0.3, -0.25) is 14.6 Å². The van der Waals surface area contributed by atoms with Crippen LogP contribution in [0.1, 0.15) is 60.3 Å². The number of aryl methyl sites for hydroxylation is 1. The molecule has 0 spiro atoms. The van der Waals surface area contributed by atoms with Gasteiger partial charge in [-0.1, -0.05) is 6.07 Å². The Balaban J connectivity index is 1.78. The topological polar surface area (TPSA) is 89.8 Å². The number of carbonyl (C=O) groups is 1. The normalized spacial score (nSPS) is 14.4. The molecule has 1 saturated carbocycles. The summed E-state index contributed by atoms with van der Waals surface area (Å²) < 4.78 is 0. The Hall–Kier alpha value is -2.94. The highest BCUT2D eigenvalue weighted by Crippen LogP contribution is 2.34. The molecule has 6 heteroatoms. The molecule has 6 nitrogen and oxygen atoms in total. The number of nitriles is 1. The number of aromatic nitrogens is 2. The Kier molecular flexibility index (Phi) is 5.41. The minimum atomic E-state index is -0.369. The molecule has 1 N–H and O–H groups in total. The minimum Gasteiger partial charge on any atom is -0.331 e. The van der Waals surface area contributed by atoms with Gasteiger partial charge in [0.2, 0.25) is 5.91 Å². The summed E-state index contributed by atoms with van der Waals surface area (Å²) in [5.74, 6) is 0.0826. The highest BCUT2D eigenvalue weighted by atomic mass is 16.2. The maximum atomic E-state index is 13.0. The van der Waals surface area contributed by atoms with Gasteiger partial charge in [0.25, 0.3) is 5.56 Å². The molecular weight excluding hydrogens is 340 g/mol. The van der Waals surface area contributed by atoms with Gasteiger partial charge in [0, 0.05) is 24.4 Å². The molecule has 3 rings (SSSR count). The van der Waals surface area contributed by atoms with E-state index >= 15 is 0 Å². The monoisotopic (exact) mass is 364 g/mol. The fourth-order valence-corrected chi connectivity index (χ4v) is 3.64. The lowest BCUT2D eigenvalue weighted by Crippen LogP contribution is -2.36. The Labute approximate surface area is 158 Å². The Bertz CT molecular complexity index is 939. The predicted molar refractivity (Wildman–Crippen MR) is 102 cm³/mol. The molecule has 2 aromatic heterocycles. The first kappa shape index (κ1) is 18.8. The minimum absolute atomic E-state index is 0.0707. The van der Waals surface area contributed by atoms with Crippen LogP contribution in [-0.4, -0.2) is 26.8 Å². The molecule has 1 aliphatic rings. The summed E-state index contributed by atoms with van der Waals surface area (Å²) >= 11 is 0. The highest BCUT2D eigenvalue weighted by Gasteiger charge is 2.36. The Morgan fingerprint density at radius 3 is 2.74 bits per heavy atom. The van der Waals surface area contributed by atoms with Crippen molar-refractivity contribution in [2.24, 2.45) is 0 Å². The fraction of sp³-hybridized carbons (Fsp3) is 0.429. The van der Waals surface area contributed by atoms with Crippen LogP contribution in [0.4, 0.5) is 0 Å². The van der Waals surface area contributed by atoms with Gasteiger partial charge in [0.15, 0.2) is 0 Å². The number of nitrogens with zero attached hydrogens (tertiary/aromatic N) is 3. The molecule has 1 aliphatic carbocycles. The average Bonchev–Trinajstić information content (AvgIpc) is 3.47. The van der Waals surface area contributed by atoms with Crippen LogP contribution in [0.2, 0.25) is 0 Å². The molecule has 0 radical (unpaired) electrons. The molecule has 0 aromatic carbocycles. The van der Waals surface area contributed by atoms with E-state index in [1.54, 1.807) is 13.1 Å². The van der Waals surface area contributed by atoms with Gasteiger partial charge >= 0.3 is 0 Å². The summed E-state index contributed by atoms with van der Waals surface area (Å²) in [6, 6.07) is 7.92. The van der Waals surface area contributed by atoms with Crippen LogP contribution in [-0.2, 0) is 11.2 Å². The third-order valence-electron chi connectivity index (χ3n) is 5.27. The quantitative estimate of drug-likeness (QED) is 0.853. The molecule has 2 heterocycles. The first-order valence-corrected chi connectivity index (χ1v) is 9.28. The standard InChI is InChI=1S/C21H24N4O2/c1-13-17(14(2)24-21(27)18(13)12-22)9-10-20(26)25(16-7-8-16)15(3)19-6-4-5-11-23-19/h4-6,11,15-16H,7-10H2,1-3H3,(H,24,27). The van der Waals surface area contributed by atoms with Crippen molar-refractivity contribution in [3.8, 4) is 6.07 Å². The summed E-state index contributed by atoms with van der Waals surface area (Å²) in [5.41, 5.74) is 2.92. The van der Waals surface area contributed by atoms with Crippen LogP contribution in [0.5, 0.6) is 0 Å². The number of hydrogen-bond acceptors (Lipinski definition) is 4. The Morgan fingerprint density at radius 1 is 1.41 bits per heavy atom. The lowest BCUT2D eigenvalue weighted by molar-refractivity contribution is -0.134. The number of hydrogen-bond donors (Lipinski definition) is 1. The zero-order chi connectivity index (χ0) is 19.6. The van der Waals surface area contributed by atoms with E-state index in [-0.39, 0.29) is 29.1 Å². The molecule has 1 amide bonds. The maximum Gasteiger partial charge on any atom is 0.266 e. The predicted octanol–water partition coefficient (Wildman–Crippen LogP) is 2.94. The van der Waals surface area contributed by atoms with Crippen molar-refractivity contribution in [1.82, 2.24) is 14.9 Å². The SMILES string of the molecule is Cc1[nH]c(=O)c(C#N)c(C)c1CCC(=O)N(C1CC1)C(C)c1ccccn1. The summed E-state index contributed by atoms with van der Waals surface area (Å²) in [5, 5.41) is 9.21. The number of nitrogens with one attached hydrogen (secondary N) is 1. The molecule has 0 saturated heterocycles. The molecule has 1 fully saturated rings. The van der Waals surface area contributed by atoms with Gasteiger partial charge in [-0.15, -0.1) is 0 Å². The average molecular weight is 364 g/mol. The first-order valence-electron chi connectivity index (χ1n) is 9.28. The maximum absolute atomic E-state index is 13.0. The van der Waals surface area contributed by atoms with E-state index in [1.165, 1.54) is 0 Å². The van der Waals surface area contributed by atoms with E-state index in [2.05, 4.69) is 9.97 Å². The summed E-state index contributed by atoms with van der Waals surface area (Å²) in [6.45, 7) is 5.60. The van der Waals surface area contributed by atoms with Crippen LogP contribution in [0.15, 0.2) is 29.2 Å². The van der Waals surface area contributed by atoms with Gasteiger partial charge in [0.1, 0.15) is 11.6 Å². The number of rotatable bonds is 6. The van der Waals surface area contributed by atoms with Gasteiger partial charge in [-0.25, -0.2) is 0 Å². The molecule has 1 atom stereocenters. The van der Waals surface area contributed by atoms with E-state index in [9.17, 15) is 14.9 Å². The smallest absolute Gasteiger partial charge is 0.266 e. The van der Waals surface area contributed by atoms with E-state index in [0.717, 1.165) is 29.8 Å².